The lowest BCUT2D eigenvalue weighted by Crippen LogP contribution is -2.65. The highest BCUT2D eigenvalue weighted by atomic mass is 16.1. The molecule has 1 rings (SSSR count). The molecule has 1 amide bonds. The number of carbonyl (C=O) groups excluding carboxylic acids is 1. The predicted octanol–water partition coefficient (Wildman–Crippen LogP) is 1.74. The molecule has 1 fully saturated rings. The van der Waals surface area contributed by atoms with Gasteiger partial charge in [-0.15, -0.1) is 0 Å². The van der Waals surface area contributed by atoms with E-state index in [1.54, 1.807) is 0 Å². The molecule has 0 saturated heterocycles. The summed E-state index contributed by atoms with van der Waals surface area (Å²) in [5.74, 6) is 0.211. The van der Waals surface area contributed by atoms with Crippen molar-refractivity contribution in [1.82, 2.24) is 10.2 Å². The molecule has 0 heterocycles. The molecule has 0 aromatic rings. The Bertz CT molecular complexity index is 302. The Balaban J connectivity index is 2.81. The Morgan fingerprint density at radius 1 is 1.42 bits per heavy atom. The van der Waals surface area contributed by atoms with Gasteiger partial charge in [-0.3, -0.25) is 10.1 Å². The Labute approximate surface area is 118 Å². The third kappa shape index (κ3) is 4.18. The van der Waals surface area contributed by atoms with Crippen molar-refractivity contribution in [3.8, 4) is 0 Å². The molecular weight excluding hydrogens is 238 g/mol. The van der Waals surface area contributed by atoms with Crippen LogP contribution in [-0.4, -0.2) is 42.0 Å². The first-order chi connectivity index (χ1) is 8.83. The first-order valence-corrected chi connectivity index (χ1v) is 7.61. The van der Waals surface area contributed by atoms with Crippen LogP contribution in [0.5, 0.6) is 0 Å². The van der Waals surface area contributed by atoms with Crippen LogP contribution in [-0.2, 0) is 4.79 Å². The number of likely N-dealkylation sites (N-methyl/N-ethyl adjacent to an activating group) is 1. The van der Waals surface area contributed by atoms with Crippen molar-refractivity contribution >= 4 is 5.91 Å². The second-order valence-electron chi connectivity index (χ2n) is 6.46. The maximum absolute atomic E-state index is 12.1. The van der Waals surface area contributed by atoms with Crippen molar-refractivity contribution in [2.24, 2.45) is 11.7 Å². The van der Waals surface area contributed by atoms with Crippen molar-refractivity contribution in [1.29, 1.82) is 0 Å². The molecule has 1 aliphatic rings. The van der Waals surface area contributed by atoms with Crippen LogP contribution < -0.4 is 11.1 Å². The molecule has 1 aliphatic carbocycles. The van der Waals surface area contributed by atoms with E-state index in [0.717, 1.165) is 25.7 Å². The summed E-state index contributed by atoms with van der Waals surface area (Å²) >= 11 is 0. The van der Waals surface area contributed by atoms with Gasteiger partial charge in [0.1, 0.15) is 5.54 Å². The summed E-state index contributed by atoms with van der Waals surface area (Å²) in [6.07, 6.45) is 4.53. The molecule has 4 heteroatoms. The Kier molecular flexibility index (Phi) is 5.81. The van der Waals surface area contributed by atoms with Gasteiger partial charge < -0.3 is 10.6 Å². The SMILES string of the molecule is CCCC(C)N(C)CC(NC(C)C)(C(N)=O)C1CC1. The molecule has 1 saturated carbocycles. The van der Waals surface area contributed by atoms with Crippen LogP contribution in [0.3, 0.4) is 0 Å². The van der Waals surface area contributed by atoms with Gasteiger partial charge in [0.25, 0.3) is 0 Å². The van der Waals surface area contributed by atoms with Crippen LogP contribution in [0, 0.1) is 5.92 Å². The maximum atomic E-state index is 12.1. The maximum Gasteiger partial charge on any atom is 0.239 e. The number of amides is 1. The molecule has 2 atom stereocenters. The quantitative estimate of drug-likeness (QED) is 0.670. The van der Waals surface area contributed by atoms with Gasteiger partial charge in [0.05, 0.1) is 0 Å². The molecule has 112 valence electrons. The van der Waals surface area contributed by atoms with Crippen molar-refractivity contribution in [2.75, 3.05) is 13.6 Å². The first-order valence-electron chi connectivity index (χ1n) is 7.61. The van der Waals surface area contributed by atoms with Gasteiger partial charge >= 0.3 is 0 Å². The monoisotopic (exact) mass is 269 g/mol. The minimum atomic E-state index is -0.551. The second kappa shape index (κ2) is 6.71. The van der Waals surface area contributed by atoms with Crippen LogP contribution in [0.4, 0.5) is 0 Å². The van der Waals surface area contributed by atoms with E-state index in [0.29, 0.717) is 18.5 Å². The lowest BCUT2D eigenvalue weighted by atomic mass is 9.89. The fraction of sp³-hybridized carbons (Fsp3) is 0.933. The Morgan fingerprint density at radius 2 is 2.00 bits per heavy atom. The molecule has 0 spiro atoms. The summed E-state index contributed by atoms with van der Waals surface area (Å²) in [4.78, 5) is 14.4. The summed E-state index contributed by atoms with van der Waals surface area (Å²) in [5.41, 5.74) is 5.20. The van der Waals surface area contributed by atoms with Crippen LogP contribution >= 0.6 is 0 Å². The smallest absolute Gasteiger partial charge is 0.239 e. The van der Waals surface area contributed by atoms with Gasteiger partial charge in [0.15, 0.2) is 0 Å². The van der Waals surface area contributed by atoms with E-state index < -0.39 is 5.54 Å². The number of carbonyl (C=O) groups is 1. The van der Waals surface area contributed by atoms with Gasteiger partial charge in [0, 0.05) is 18.6 Å². The third-order valence-corrected chi connectivity index (χ3v) is 4.22. The largest absolute Gasteiger partial charge is 0.368 e. The topological polar surface area (TPSA) is 58.4 Å². The van der Waals surface area contributed by atoms with Crippen molar-refractivity contribution < 1.29 is 4.79 Å². The van der Waals surface area contributed by atoms with E-state index >= 15 is 0 Å². The first kappa shape index (κ1) is 16.4. The van der Waals surface area contributed by atoms with Crippen LogP contribution in [0.1, 0.15) is 53.4 Å². The minimum Gasteiger partial charge on any atom is -0.368 e. The molecule has 0 bridgehead atoms. The zero-order valence-electron chi connectivity index (χ0n) is 13.2. The summed E-state index contributed by atoms with van der Waals surface area (Å²) < 4.78 is 0. The number of hydrogen-bond acceptors (Lipinski definition) is 3. The summed E-state index contributed by atoms with van der Waals surface area (Å²) in [7, 11) is 2.10. The van der Waals surface area contributed by atoms with Crippen LogP contribution in [0.25, 0.3) is 0 Å². The molecule has 2 unspecified atom stereocenters. The molecule has 4 nitrogen and oxygen atoms in total. The van der Waals surface area contributed by atoms with Gasteiger partial charge in [-0.05, 0) is 53.0 Å². The fourth-order valence-corrected chi connectivity index (χ4v) is 2.92. The summed E-state index contributed by atoms with van der Waals surface area (Å²) in [6, 6.07) is 0.749. The Hall–Kier alpha value is -0.610. The summed E-state index contributed by atoms with van der Waals surface area (Å²) in [5, 5.41) is 3.47. The van der Waals surface area contributed by atoms with Gasteiger partial charge in [-0.1, -0.05) is 13.3 Å². The zero-order valence-corrected chi connectivity index (χ0v) is 13.2. The van der Waals surface area contributed by atoms with E-state index in [4.69, 9.17) is 5.73 Å². The van der Waals surface area contributed by atoms with E-state index in [-0.39, 0.29) is 11.9 Å². The predicted molar refractivity (Wildman–Crippen MR) is 79.9 cm³/mol. The highest BCUT2D eigenvalue weighted by molar-refractivity contribution is 5.86. The lowest BCUT2D eigenvalue weighted by Gasteiger charge is -2.39. The number of nitrogens with zero attached hydrogens (tertiary/aromatic N) is 1. The van der Waals surface area contributed by atoms with Crippen molar-refractivity contribution in [3.63, 3.8) is 0 Å². The van der Waals surface area contributed by atoms with Gasteiger partial charge in [-0.2, -0.15) is 0 Å². The highest BCUT2D eigenvalue weighted by Crippen LogP contribution is 2.40. The van der Waals surface area contributed by atoms with Gasteiger partial charge in [0.2, 0.25) is 5.91 Å². The average Bonchev–Trinajstić information content (AvgIpc) is 3.11. The molecule has 0 aromatic heterocycles. The average molecular weight is 269 g/mol. The number of hydrogen-bond donors (Lipinski definition) is 2. The number of primary amides is 1. The lowest BCUT2D eigenvalue weighted by molar-refractivity contribution is -0.126. The summed E-state index contributed by atoms with van der Waals surface area (Å²) in [6.45, 7) is 9.29. The normalized spacial score (nSPS) is 20.6. The van der Waals surface area contributed by atoms with Crippen molar-refractivity contribution in [3.05, 3.63) is 0 Å². The van der Waals surface area contributed by atoms with Gasteiger partial charge in [-0.25, -0.2) is 0 Å². The molecule has 0 aromatic carbocycles. The molecule has 3 N–H and O–H groups in total. The van der Waals surface area contributed by atoms with E-state index in [9.17, 15) is 4.79 Å². The number of rotatable bonds is 9. The highest BCUT2D eigenvalue weighted by Gasteiger charge is 2.50. The number of nitrogens with two attached hydrogens (primary N) is 1. The minimum absolute atomic E-state index is 0.195. The molecular formula is C15H31N3O. The zero-order chi connectivity index (χ0) is 14.6. The number of nitrogens with one attached hydrogen (secondary N) is 1. The standard InChI is InChI=1S/C15H31N3O/c1-6-7-12(4)18(5)10-15(14(16)19,13-8-9-13)17-11(2)3/h11-13,17H,6-10H2,1-5H3,(H2,16,19). The molecule has 19 heavy (non-hydrogen) atoms. The van der Waals surface area contributed by atoms with Crippen LogP contribution in [0.2, 0.25) is 0 Å². The fourth-order valence-electron chi connectivity index (χ4n) is 2.92. The van der Waals surface area contributed by atoms with E-state index in [1.165, 1.54) is 0 Å². The Morgan fingerprint density at radius 3 is 2.37 bits per heavy atom. The molecule has 0 aliphatic heterocycles. The molecule has 0 radical (unpaired) electrons. The second-order valence-corrected chi connectivity index (χ2v) is 6.46. The van der Waals surface area contributed by atoms with E-state index in [2.05, 4.69) is 45.0 Å². The third-order valence-electron chi connectivity index (χ3n) is 4.22. The van der Waals surface area contributed by atoms with E-state index in [1.807, 2.05) is 0 Å². The van der Waals surface area contributed by atoms with Crippen LogP contribution in [0.15, 0.2) is 0 Å². The van der Waals surface area contributed by atoms with Crippen molar-refractivity contribution in [2.45, 2.75) is 71.0 Å².